The minimum absolute atomic E-state index is 0.610. The largest absolute Gasteiger partial charge is 0.382 e. The average molecular weight is 227 g/mol. The van der Waals surface area contributed by atoms with Gasteiger partial charge in [0, 0.05) is 25.7 Å². The fraction of sp³-hybridized carbons (Fsp3) is 0.800. The summed E-state index contributed by atoms with van der Waals surface area (Å²) in [5, 5.41) is 7.14. The van der Waals surface area contributed by atoms with Crippen LogP contribution in [0.25, 0.3) is 0 Å². The molecule has 0 unspecified atom stereocenters. The molecule has 0 atom stereocenters. The number of aryl methyl sites for hydroxylation is 1. The first-order chi connectivity index (χ1) is 7.33. The van der Waals surface area contributed by atoms with Crippen LogP contribution in [0.3, 0.4) is 0 Å². The van der Waals surface area contributed by atoms with Crippen LogP contribution in [0.4, 0.5) is 0 Å². The van der Waals surface area contributed by atoms with Gasteiger partial charge < -0.3 is 9.30 Å². The Labute approximate surface area is 94.6 Å². The van der Waals surface area contributed by atoms with Crippen LogP contribution in [0.2, 0.25) is 0 Å². The zero-order valence-corrected chi connectivity index (χ0v) is 9.85. The predicted molar refractivity (Wildman–Crippen MR) is 60.5 cm³/mol. The van der Waals surface area contributed by atoms with Gasteiger partial charge in [-0.15, -0.1) is 0 Å². The minimum atomic E-state index is 0.610. The highest BCUT2D eigenvalue weighted by Gasteiger charge is 2.26. The lowest BCUT2D eigenvalue weighted by Crippen LogP contribution is -2.04. The maximum atomic E-state index is 5.30. The lowest BCUT2D eigenvalue weighted by Gasteiger charge is -2.04. The van der Waals surface area contributed by atoms with E-state index in [-0.39, 0.29) is 0 Å². The van der Waals surface area contributed by atoms with E-state index in [1.54, 1.807) is 0 Å². The van der Waals surface area contributed by atoms with Crippen molar-refractivity contribution in [3.63, 3.8) is 0 Å². The van der Waals surface area contributed by atoms with Crippen molar-refractivity contribution >= 4 is 12.2 Å². The third-order valence-corrected chi connectivity index (χ3v) is 2.87. The second kappa shape index (κ2) is 4.90. The topological polar surface area (TPSA) is 42.8 Å². The molecule has 1 aromatic heterocycles. The maximum Gasteiger partial charge on any atom is 0.195 e. The van der Waals surface area contributed by atoms with Crippen molar-refractivity contribution in [1.29, 1.82) is 0 Å². The van der Waals surface area contributed by atoms with E-state index in [1.165, 1.54) is 12.8 Å². The Balaban J connectivity index is 1.92. The summed E-state index contributed by atoms with van der Waals surface area (Å²) in [5.41, 5.74) is 0. The molecule has 0 saturated heterocycles. The highest BCUT2D eigenvalue weighted by Crippen LogP contribution is 2.35. The Bertz CT molecular complexity index is 367. The third kappa shape index (κ3) is 2.66. The lowest BCUT2D eigenvalue weighted by atomic mass is 10.3. The van der Waals surface area contributed by atoms with Gasteiger partial charge in [-0.1, -0.05) is 0 Å². The van der Waals surface area contributed by atoms with Crippen molar-refractivity contribution in [3.8, 4) is 0 Å². The first kappa shape index (κ1) is 10.8. The molecule has 4 nitrogen and oxygen atoms in total. The lowest BCUT2D eigenvalue weighted by molar-refractivity contribution is 0.144. The zero-order valence-electron chi connectivity index (χ0n) is 9.03. The van der Waals surface area contributed by atoms with Crippen molar-refractivity contribution in [2.45, 2.75) is 38.6 Å². The van der Waals surface area contributed by atoms with Gasteiger partial charge in [-0.05, 0) is 38.4 Å². The van der Waals surface area contributed by atoms with Crippen LogP contribution in [-0.4, -0.2) is 28.0 Å². The molecular formula is C10H17N3OS. The quantitative estimate of drug-likeness (QED) is 0.598. The second-order valence-electron chi connectivity index (χ2n) is 3.85. The fourth-order valence-electron chi connectivity index (χ4n) is 1.70. The number of nitrogens with one attached hydrogen (secondary N) is 1. The molecule has 1 aromatic rings. The summed E-state index contributed by atoms with van der Waals surface area (Å²) in [7, 11) is 0. The van der Waals surface area contributed by atoms with Crippen molar-refractivity contribution in [3.05, 3.63) is 10.6 Å². The van der Waals surface area contributed by atoms with Gasteiger partial charge in [0.05, 0.1) is 0 Å². The molecule has 0 radical (unpaired) electrons. The van der Waals surface area contributed by atoms with E-state index in [0.717, 1.165) is 36.7 Å². The molecule has 0 spiro atoms. The SMILES string of the molecule is CCOCCCc1n[nH]c(=S)n1C1CC1. The van der Waals surface area contributed by atoms with Crippen LogP contribution in [0, 0.1) is 4.77 Å². The first-order valence-electron chi connectivity index (χ1n) is 5.56. The summed E-state index contributed by atoms with van der Waals surface area (Å²) in [5.74, 6) is 1.09. The van der Waals surface area contributed by atoms with E-state index in [4.69, 9.17) is 17.0 Å². The van der Waals surface area contributed by atoms with E-state index >= 15 is 0 Å². The van der Waals surface area contributed by atoms with E-state index in [2.05, 4.69) is 14.8 Å². The Kier molecular flexibility index (Phi) is 3.53. The number of ether oxygens (including phenoxy) is 1. The number of hydrogen-bond acceptors (Lipinski definition) is 3. The number of H-pyrrole nitrogens is 1. The summed E-state index contributed by atoms with van der Waals surface area (Å²) < 4.78 is 8.24. The zero-order chi connectivity index (χ0) is 10.7. The molecule has 15 heavy (non-hydrogen) atoms. The predicted octanol–water partition coefficient (Wildman–Crippen LogP) is 2.24. The second-order valence-corrected chi connectivity index (χ2v) is 4.23. The van der Waals surface area contributed by atoms with Crippen molar-refractivity contribution in [2.75, 3.05) is 13.2 Å². The standard InChI is InChI=1S/C10H17N3OS/c1-2-14-7-3-4-9-11-12-10(15)13(9)8-5-6-8/h8H,2-7H2,1H3,(H,12,15). The van der Waals surface area contributed by atoms with Gasteiger partial charge in [0.15, 0.2) is 4.77 Å². The summed E-state index contributed by atoms with van der Waals surface area (Å²) in [6.07, 6.45) is 4.45. The smallest absolute Gasteiger partial charge is 0.195 e. The molecular weight excluding hydrogens is 210 g/mol. The Hall–Kier alpha value is -0.680. The third-order valence-electron chi connectivity index (χ3n) is 2.58. The first-order valence-corrected chi connectivity index (χ1v) is 5.97. The van der Waals surface area contributed by atoms with Gasteiger partial charge >= 0.3 is 0 Å². The van der Waals surface area contributed by atoms with Crippen molar-refractivity contribution in [2.24, 2.45) is 0 Å². The van der Waals surface area contributed by atoms with Gasteiger partial charge in [0.1, 0.15) is 5.82 Å². The monoisotopic (exact) mass is 227 g/mol. The Morgan fingerprint density at radius 3 is 3.07 bits per heavy atom. The van der Waals surface area contributed by atoms with Gasteiger partial charge in [0.25, 0.3) is 0 Å². The van der Waals surface area contributed by atoms with Gasteiger partial charge in [-0.2, -0.15) is 5.10 Å². The fourth-order valence-corrected chi connectivity index (χ4v) is 2.00. The van der Waals surface area contributed by atoms with Crippen LogP contribution < -0.4 is 0 Å². The summed E-state index contributed by atoms with van der Waals surface area (Å²) in [4.78, 5) is 0. The highest BCUT2D eigenvalue weighted by molar-refractivity contribution is 7.71. The van der Waals surface area contributed by atoms with Crippen molar-refractivity contribution in [1.82, 2.24) is 14.8 Å². The number of hydrogen-bond donors (Lipinski definition) is 1. The number of nitrogens with zero attached hydrogens (tertiary/aromatic N) is 2. The number of aromatic amines is 1. The van der Waals surface area contributed by atoms with Crippen LogP contribution in [0.5, 0.6) is 0 Å². The molecule has 1 aliphatic rings. The highest BCUT2D eigenvalue weighted by atomic mass is 32.1. The molecule has 1 aliphatic carbocycles. The van der Waals surface area contributed by atoms with Crippen LogP contribution in [0.15, 0.2) is 0 Å². The molecule has 2 rings (SSSR count). The Morgan fingerprint density at radius 1 is 1.60 bits per heavy atom. The molecule has 0 amide bonds. The number of rotatable bonds is 6. The van der Waals surface area contributed by atoms with Gasteiger partial charge in [-0.25, -0.2) is 0 Å². The molecule has 1 N–H and O–H groups in total. The molecule has 84 valence electrons. The molecule has 1 saturated carbocycles. The molecule has 5 heteroatoms. The summed E-state index contributed by atoms with van der Waals surface area (Å²) in [6, 6.07) is 0.610. The Morgan fingerprint density at radius 2 is 2.40 bits per heavy atom. The van der Waals surface area contributed by atoms with Crippen LogP contribution >= 0.6 is 12.2 Å². The van der Waals surface area contributed by atoms with Crippen LogP contribution in [0.1, 0.15) is 38.1 Å². The van der Waals surface area contributed by atoms with E-state index in [1.807, 2.05) is 6.92 Å². The molecule has 1 fully saturated rings. The normalized spacial score (nSPS) is 15.8. The van der Waals surface area contributed by atoms with E-state index in [9.17, 15) is 0 Å². The van der Waals surface area contributed by atoms with Crippen molar-refractivity contribution < 1.29 is 4.74 Å². The van der Waals surface area contributed by atoms with E-state index < -0.39 is 0 Å². The maximum absolute atomic E-state index is 5.30. The molecule has 0 aromatic carbocycles. The molecule has 0 bridgehead atoms. The summed E-state index contributed by atoms with van der Waals surface area (Å²) in [6.45, 7) is 3.61. The number of aromatic nitrogens is 3. The molecule has 1 heterocycles. The van der Waals surface area contributed by atoms with Gasteiger partial charge in [-0.3, -0.25) is 5.10 Å². The average Bonchev–Trinajstić information content (AvgIpc) is 2.99. The summed E-state index contributed by atoms with van der Waals surface area (Å²) >= 11 is 5.20. The minimum Gasteiger partial charge on any atom is -0.382 e. The molecule has 0 aliphatic heterocycles. The van der Waals surface area contributed by atoms with Crippen LogP contribution in [-0.2, 0) is 11.2 Å². The van der Waals surface area contributed by atoms with Gasteiger partial charge in [0.2, 0.25) is 0 Å². The van der Waals surface area contributed by atoms with E-state index in [0.29, 0.717) is 6.04 Å².